The minimum Gasteiger partial charge on any atom is -0.472 e. The lowest BCUT2D eigenvalue weighted by Crippen LogP contribution is -2.30. The van der Waals surface area contributed by atoms with E-state index in [4.69, 9.17) is 10.00 Å². The van der Waals surface area contributed by atoms with Crippen LogP contribution in [0.5, 0.6) is 5.88 Å². The number of nitriles is 1. The molecule has 1 aliphatic rings. The summed E-state index contributed by atoms with van der Waals surface area (Å²) in [5.74, 6) is 0.448. The minimum atomic E-state index is -0.0888. The van der Waals surface area contributed by atoms with Crippen molar-refractivity contribution in [3.05, 3.63) is 59.8 Å². The van der Waals surface area contributed by atoms with Gasteiger partial charge in [0.25, 0.3) is 5.91 Å². The molecule has 3 rings (SSSR count). The van der Waals surface area contributed by atoms with Crippen molar-refractivity contribution in [1.29, 1.82) is 5.26 Å². The number of amides is 1. The lowest BCUT2D eigenvalue weighted by atomic mass is 10.2. The zero-order valence-corrected chi connectivity index (χ0v) is 12.0. The summed E-state index contributed by atoms with van der Waals surface area (Å²) >= 11 is 0. The second kappa shape index (κ2) is 6.27. The summed E-state index contributed by atoms with van der Waals surface area (Å²) in [5.41, 5.74) is 1.20. The summed E-state index contributed by atoms with van der Waals surface area (Å²) in [7, 11) is 0. The molecule has 0 saturated carbocycles. The zero-order valence-electron chi connectivity index (χ0n) is 12.0. The van der Waals surface area contributed by atoms with Crippen LogP contribution in [0, 0.1) is 11.3 Å². The molecule has 0 radical (unpaired) electrons. The SMILES string of the molecule is N#Cc1ccnc(OC2CCN(C(=O)c3ccccc3)C2)c1. The van der Waals surface area contributed by atoms with Crippen LogP contribution in [0.3, 0.4) is 0 Å². The van der Waals surface area contributed by atoms with E-state index >= 15 is 0 Å². The lowest BCUT2D eigenvalue weighted by molar-refractivity contribution is 0.0771. The number of likely N-dealkylation sites (tertiary alicyclic amines) is 1. The molecule has 0 N–H and O–H groups in total. The van der Waals surface area contributed by atoms with Gasteiger partial charge in [-0.2, -0.15) is 5.26 Å². The van der Waals surface area contributed by atoms with E-state index in [1.165, 1.54) is 0 Å². The zero-order chi connectivity index (χ0) is 15.4. The van der Waals surface area contributed by atoms with Crippen molar-refractivity contribution in [2.24, 2.45) is 0 Å². The maximum Gasteiger partial charge on any atom is 0.253 e. The van der Waals surface area contributed by atoms with Crippen molar-refractivity contribution in [3.8, 4) is 11.9 Å². The Bertz CT molecular complexity index is 709. The topological polar surface area (TPSA) is 66.2 Å². The second-order valence-electron chi connectivity index (χ2n) is 5.14. The summed E-state index contributed by atoms with van der Waals surface area (Å²) in [6.45, 7) is 1.20. The largest absolute Gasteiger partial charge is 0.472 e. The molecule has 1 fully saturated rings. The monoisotopic (exact) mass is 293 g/mol. The molecule has 1 atom stereocenters. The van der Waals surface area contributed by atoms with Crippen LogP contribution in [0.15, 0.2) is 48.7 Å². The molecular weight excluding hydrogens is 278 g/mol. The molecule has 2 aromatic rings. The summed E-state index contributed by atoms with van der Waals surface area (Å²) < 4.78 is 5.78. The third kappa shape index (κ3) is 3.07. The third-order valence-corrected chi connectivity index (χ3v) is 3.60. The van der Waals surface area contributed by atoms with E-state index in [9.17, 15) is 4.79 Å². The third-order valence-electron chi connectivity index (χ3n) is 3.60. The van der Waals surface area contributed by atoms with Crippen LogP contribution in [0.4, 0.5) is 0 Å². The Labute approximate surface area is 128 Å². The molecule has 2 heterocycles. The smallest absolute Gasteiger partial charge is 0.253 e. The van der Waals surface area contributed by atoms with Gasteiger partial charge >= 0.3 is 0 Å². The average Bonchev–Trinajstić information content (AvgIpc) is 3.03. The van der Waals surface area contributed by atoms with Gasteiger partial charge in [0.2, 0.25) is 5.88 Å². The molecule has 1 aliphatic heterocycles. The standard InChI is InChI=1S/C17H15N3O2/c18-11-13-6-8-19-16(10-13)22-15-7-9-20(12-15)17(21)14-4-2-1-3-5-14/h1-6,8,10,15H,7,9,12H2. The Balaban J connectivity index is 1.63. The van der Waals surface area contributed by atoms with Gasteiger partial charge in [-0.1, -0.05) is 18.2 Å². The Morgan fingerprint density at radius 2 is 2.14 bits per heavy atom. The molecule has 0 bridgehead atoms. The fraction of sp³-hybridized carbons (Fsp3) is 0.235. The Kier molecular flexibility index (Phi) is 4.01. The second-order valence-corrected chi connectivity index (χ2v) is 5.14. The van der Waals surface area contributed by atoms with Crippen LogP contribution < -0.4 is 4.74 Å². The van der Waals surface area contributed by atoms with Crippen molar-refractivity contribution in [2.75, 3.05) is 13.1 Å². The lowest BCUT2D eigenvalue weighted by Gasteiger charge is -2.17. The first kappa shape index (κ1) is 14.1. The molecule has 5 nitrogen and oxygen atoms in total. The number of nitrogens with zero attached hydrogens (tertiary/aromatic N) is 3. The number of rotatable bonds is 3. The highest BCUT2D eigenvalue weighted by Gasteiger charge is 2.28. The number of hydrogen-bond donors (Lipinski definition) is 0. The van der Waals surface area contributed by atoms with E-state index in [0.717, 1.165) is 6.42 Å². The molecule has 1 saturated heterocycles. The van der Waals surface area contributed by atoms with Crippen LogP contribution in [0.25, 0.3) is 0 Å². The summed E-state index contributed by atoms with van der Waals surface area (Å²) in [5, 5.41) is 8.88. The maximum atomic E-state index is 12.4. The van der Waals surface area contributed by atoms with E-state index < -0.39 is 0 Å². The van der Waals surface area contributed by atoms with Gasteiger partial charge in [-0.3, -0.25) is 4.79 Å². The highest BCUT2D eigenvalue weighted by atomic mass is 16.5. The first-order chi connectivity index (χ1) is 10.8. The average molecular weight is 293 g/mol. The van der Waals surface area contributed by atoms with Gasteiger partial charge in [-0.05, 0) is 18.2 Å². The van der Waals surface area contributed by atoms with E-state index in [1.807, 2.05) is 30.3 Å². The number of hydrogen-bond acceptors (Lipinski definition) is 4. The van der Waals surface area contributed by atoms with E-state index in [1.54, 1.807) is 23.2 Å². The molecule has 1 aromatic carbocycles. The number of carbonyl (C=O) groups is 1. The Hall–Kier alpha value is -2.87. The van der Waals surface area contributed by atoms with Gasteiger partial charge in [0, 0.05) is 30.8 Å². The van der Waals surface area contributed by atoms with E-state index in [2.05, 4.69) is 11.1 Å². The van der Waals surface area contributed by atoms with Gasteiger partial charge in [0.05, 0.1) is 18.2 Å². The molecular formula is C17H15N3O2. The summed E-state index contributed by atoms with van der Waals surface area (Å²) in [6.07, 6.45) is 2.22. The predicted molar refractivity (Wildman–Crippen MR) is 80.3 cm³/mol. The molecule has 1 amide bonds. The molecule has 1 aromatic heterocycles. The first-order valence-corrected chi connectivity index (χ1v) is 7.13. The molecule has 1 unspecified atom stereocenters. The normalized spacial score (nSPS) is 17.0. The minimum absolute atomic E-state index is 0.0189. The van der Waals surface area contributed by atoms with Crippen molar-refractivity contribution in [1.82, 2.24) is 9.88 Å². The summed E-state index contributed by atoms with van der Waals surface area (Å²) in [6, 6.07) is 14.5. The van der Waals surface area contributed by atoms with Gasteiger partial charge in [0.15, 0.2) is 0 Å². The number of aromatic nitrogens is 1. The predicted octanol–water partition coefficient (Wildman–Crippen LogP) is 2.25. The van der Waals surface area contributed by atoms with Crippen molar-refractivity contribution >= 4 is 5.91 Å². The van der Waals surface area contributed by atoms with Crippen LogP contribution in [-0.2, 0) is 0 Å². The number of benzene rings is 1. The number of pyridine rings is 1. The number of ether oxygens (including phenoxy) is 1. The Morgan fingerprint density at radius 1 is 1.32 bits per heavy atom. The fourth-order valence-corrected chi connectivity index (χ4v) is 2.49. The van der Waals surface area contributed by atoms with Gasteiger partial charge in [-0.25, -0.2) is 4.98 Å². The molecule has 0 aliphatic carbocycles. The van der Waals surface area contributed by atoms with E-state index in [-0.39, 0.29) is 12.0 Å². The van der Waals surface area contributed by atoms with Crippen molar-refractivity contribution in [3.63, 3.8) is 0 Å². The molecule has 110 valence electrons. The van der Waals surface area contributed by atoms with E-state index in [0.29, 0.717) is 30.1 Å². The number of carbonyl (C=O) groups excluding carboxylic acids is 1. The summed E-state index contributed by atoms with van der Waals surface area (Å²) in [4.78, 5) is 18.2. The maximum absolute atomic E-state index is 12.4. The van der Waals surface area contributed by atoms with Crippen LogP contribution in [0.1, 0.15) is 22.3 Å². The van der Waals surface area contributed by atoms with Crippen molar-refractivity contribution < 1.29 is 9.53 Å². The quantitative estimate of drug-likeness (QED) is 0.870. The highest BCUT2D eigenvalue weighted by Crippen LogP contribution is 2.19. The highest BCUT2D eigenvalue weighted by molar-refractivity contribution is 5.94. The Morgan fingerprint density at radius 3 is 2.91 bits per heavy atom. The molecule has 0 spiro atoms. The van der Waals surface area contributed by atoms with Gasteiger partial charge in [-0.15, -0.1) is 0 Å². The molecule has 22 heavy (non-hydrogen) atoms. The van der Waals surface area contributed by atoms with Gasteiger partial charge < -0.3 is 9.64 Å². The first-order valence-electron chi connectivity index (χ1n) is 7.13. The van der Waals surface area contributed by atoms with Crippen LogP contribution >= 0.6 is 0 Å². The fourth-order valence-electron chi connectivity index (χ4n) is 2.49. The molecule has 5 heteroatoms. The van der Waals surface area contributed by atoms with Crippen LogP contribution in [-0.4, -0.2) is 35.0 Å². The van der Waals surface area contributed by atoms with Crippen molar-refractivity contribution in [2.45, 2.75) is 12.5 Å². The van der Waals surface area contributed by atoms with Gasteiger partial charge in [0.1, 0.15) is 6.10 Å². The van der Waals surface area contributed by atoms with Crippen LogP contribution in [0.2, 0.25) is 0 Å².